The van der Waals surface area contributed by atoms with Crippen LogP contribution in [0.15, 0.2) is 29.2 Å². The first-order valence-corrected chi connectivity index (χ1v) is 6.10. The first-order chi connectivity index (χ1) is 8.35. The Morgan fingerprint density at radius 3 is 2.58 bits per heavy atom. The van der Waals surface area contributed by atoms with E-state index in [2.05, 4.69) is 16.8 Å². The van der Waals surface area contributed by atoms with E-state index in [1.54, 1.807) is 0 Å². The van der Waals surface area contributed by atoms with Crippen LogP contribution in [0, 0.1) is 0 Å². The molecule has 2 rings (SSSR count). The molecule has 0 amide bonds. The molecular formula is C13H22Cl2N2O2. The quantitative estimate of drug-likeness (QED) is 0.818. The fourth-order valence-electron chi connectivity index (χ4n) is 2.26. The molecule has 1 aromatic heterocycles. The summed E-state index contributed by atoms with van der Waals surface area (Å²) in [7, 11) is 0. The standard InChI is InChI=1S/C13H20N2O2.2ClH/c1-2-3-12(15-8-6-14-7-9-15)13-5-4-11(10-16)17-13;;/h2,4-5,12,14,16H,1,3,6-10H2;2*1H/t12-;;/m1../s1. The van der Waals surface area contributed by atoms with Gasteiger partial charge in [-0.15, -0.1) is 31.4 Å². The second-order valence-electron chi connectivity index (χ2n) is 4.29. The number of nitrogens with zero attached hydrogens (tertiary/aromatic N) is 1. The number of piperazine rings is 1. The summed E-state index contributed by atoms with van der Waals surface area (Å²) < 4.78 is 5.64. The van der Waals surface area contributed by atoms with Crippen LogP contribution in [-0.4, -0.2) is 36.2 Å². The van der Waals surface area contributed by atoms with Crippen LogP contribution in [0.4, 0.5) is 0 Å². The highest BCUT2D eigenvalue weighted by molar-refractivity contribution is 5.85. The number of rotatable bonds is 5. The van der Waals surface area contributed by atoms with E-state index >= 15 is 0 Å². The van der Waals surface area contributed by atoms with Gasteiger partial charge in [-0.2, -0.15) is 0 Å². The Balaban J connectivity index is 0.00000162. The Labute approximate surface area is 126 Å². The van der Waals surface area contributed by atoms with Crippen LogP contribution in [0.5, 0.6) is 0 Å². The van der Waals surface area contributed by atoms with Gasteiger partial charge in [0.2, 0.25) is 0 Å². The SMILES string of the molecule is C=CC[C@H](c1ccc(CO)o1)N1CCNCC1.Cl.Cl. The largest absolute Gasteiger partial charge is 0.462 e. The molecule has 0 radical (unpaired) electrons. The Bertz CT molecular complexity index is 365. The van der Waals surface area contributed by atoms with Crippen LogP contribution in [-0.2, 0) is 6.61 Å². The van der Waals surface area contributed by atoms with Crippen molar-refractivity contribution in [1.82, 2.24) is 10.2 Å². The minimum Gasteiger partial charge on any atom is -0.462 e. The van der Waals surface area contributed by atoms with Crippen molar-refractivity contribution in [2.45, 2.75) is 19.1 Å². The molecule has 2 N–H and O–H groups in total. The molecular weight excluding hydrogens is 287 g/mol. The highest BCUT2D eigenvalue weighted by atomic mass is 35.5. The van der Waals surface area contributed by atoms with Gasteiger partial charge in [-0.1, -0.05) is 6.08 Å². The molecule has 4 nitrogen and oxygen atoms in total. The van der Waals surface area contributed by atoms with Gasteiger partial charge in [-0.25, -0.2) is 0 Å². The van der Waals surface area contributed by atoms with Crippen LogP contribution in [0.2, 0.25) is 0 Å². The predicted octanol–water partition coefficient (Wildman–Crippen LogP) is 2.14. The maximum atomic E-state index is 9.04. The predicted molar refractivity (Wildman–Crippen MR) is 81.1 cm³/mol. The Hall–Kier alpha value is -0.520. The van der Waals surface area contributed by atoms with E-state index in [-0.39, 0.29) is 37.5 Å². The first-order valence-electron chi connectivity index (χ1n) is 6.10. The van der Waals surface area contributed by atoms with Gasteiger partial charge in [-0.05, 0) is 18.6 Å². The highest BCUT2D eigenvalue weighted by Gasteiger charge is 2.23. The van der Waals surface area contributed by atoms with Crippen LogP contribution in [0.25, 0.3) is 0 Å². The van der Waals surface area contributed by atoms with Crippen LogP contribution >= 0.6 is 24.8 Å². The normalized spacial score (nSPS) is 17.1. The van der Waals surface area contributed by atoms with Gasteiger partial charge in [0.1, 0.15) is 18.1 Å². The molecule has 1 aliphatic heterocycles. The van der Waals surface area contributed by atoms with E-state index in [1.165, 1.54) is 0 Å². The van der Waals surface area contributed by atoms with Gasteiger partial charge >= 0.3 is 0 Å². The summed E-state index contributed by atoms with van der Waals surface area (Å²) in [6.45, 7) is 7.85. The third-order valence-electron chi connectivity index (χ3n) is 3.15. The molecule has 0 unspecified atom stereocenters. The third kappa shape index (κ3) is 4.82. The molecule has 1 atom stereocenters. The van der Waals surface area contributed by atoms with Gasteiger partial charge in [-0.3, -0.25) is 4.90 Å². The van der Waals surface area contributed by atoms with Gasteiger partial charge in [0.15, 0.2) is 0 Å². The second kappa shape index (κ2) is 9.39. The van der Waals surface area contributed by atoms with Crippen LogP contribution in [0.3, 0.4) is 0 Å². The molecule has 19 heavy (non-hydrogen) atoms. The second-order valence-corrected chi connectivity index (χ2v) is 4.29. The lowest BCUT2D eigenvalue weighted by atomic mass is 10.1. The fraction of sp³-hybridized carbons (Fsp3) is 0.538. The lowest BCUT2D eigenvalue weighted by molar-refractivity contribution is 0.150. The zero-order chi connectivity index (χ0) is 12.1. The number of halogens is 2. The summed E-state index contributed by atoms with van der Waals surface area (Å²) in [4.78, 5) is 2.40. The molecule has 0 bridgehead atoms. The van der Waals surface area contributed by atoms with Crippen molar-refractivity contribution in [3.05, 3.63) is 36.3 Å². The van der Waals surface area contributed by atoms with Gasteiger partial charge < -0.3 is 14.8 Å². The van der Waals surface area contributed by atoms with E-state index < -0.39 is 0 Å². The summed E-state index contributed by atoms with van der Waals surface area (Å²) in [5, 5.41) is 12.4. The van der Waals surface area contributed by atoms with Crippen molar-refractivity contribution in [2.75, 3.05) is 26.2 Å². The Morgan fingerprint density at radius 2 is 2.05 bits per heavy atom. The molecule has 6 heteroatoms. The summed E-state index contributed by atoms with van der Waals surface area (Å²) in [6.07, 6.45) is 2.80. The molecule has 110 valence electrons. The fourth-order valence-corrected chi connectivity index (χ4v) is 2.26. The third-order valence-corrected chi connectivity index (χ3v) is 3.15. The first kappa shape index (κ1) is 18.5. The molecule has 1 saturated heterocycles. The average Bonchev–Trinajstić information content (AvgIpc) is 2.85. The van der Waals surface area contributed by atoms with E-state index in [9.17, 15) is 0 Å². The number of hydrogen-bond acceptors (Lipinski definition) is 4. The average molecular weight is 309 g/mol. The number of hydrogen-bond donors (Lipinski definition) is 2. The molecule has 1 fully saturated rings. The zero-order valence-corrected chi connectivity index (χ0v) is 12.5. The molecule has 2 heterocycles. The maximum Gasteiger partial charge on any atom is 0.129 e. The van der Waals surface area contributed by atoms with Crippen LogP contribution in [0.1, 0.15) is 24.0 Å². The lowest BCUT2D eigenvalue weighted by Crippen LogP contribution is -2.45. The number of aliphatic hydroxyl groups excluding tert-OH is 1. The molecule has 0 aliphatic carbocycles. The van der Waals surface area contributed by atoms with E-state index in [1.807, 2.05) is 18.2 Å². The summed E-state index contributed by atoms with van der Waals surface area (Å²) in [5.41, 5.74) is 0. The highest BCUT2D eigenvalue weighted by Crippen LogP contribution is 2.26. The van der Waals surface area contributed by atoms with Crippen molar-refractivity contribution in [3.8, 4) is 0 Å². The number of nitrogens with one attached hydrogen (secondary N) is 1. The molecule has 0 aromatic carbocycles. The van der Waals surface area contributed by atoms with E-state index in [0.29, 0.717) is 5.76 Å². The van der Waals surface area contributed by atoms with Gasteiger partial charge in [0.05, 0.1) is 6.04 Å². The maximum absolute atomic E-state index is 9.04. The monoisotopic (exact) mass is 308 g/mol. The summed E-state index contributed by atoms with van der Waals surface area (Å²) in [5.74, 6) is 1.56. The minimum absolute atomic E-state index is 0. The van der Waals surface area contributed by atoms with Crippen molar-refractivity contribution in [1.29, 1.82) is 0 Å². The van der Waals surface area contributed by atoms with Crippen molar-refractivity contribution in [2.24, 2.45) is 0 Å². The molecule has 0 saturated carbocycles. The van der Waals surface area contributed by atoms with Crippen molar-refractivity contribution < 1.29 is 9.52 Å². The zero-order valence-electron chi connectivity index (χ0n) is 10.9. The molecule has 1 aliphatic rings. The van der Waals surface area contributed by atoms with Crippen molar-refractivity contribution in [3.63, 3.8) is 0 Å². The van der Waals surface area contributed by atoms with Crippen molar-refractivity contribution >= 4 is 24.8 Å². The number of furan rings is 1. The smallest absolute Gasteiger partial charge is 0.129 e. The number of aliphatic hydroxyl groups is 1. The van der Waals surface area contributed by atoms with E-state index in [4.69, 9.17) is 9.52 Å². The molecule has 1 aromatic rings. The van der Waals surface area contributed by atoms with Gasteiger partial charge in [0.25, 0.3) is 0 Å². The van der Waals surface area contributed by atoms with Gasteiger partial charge in [0, 0.05) is 26.2 Å². The molecule has 0 spiro atoms. The lowest BCUT2D eigenvalue weighted by Gasteiger charge is -2.33. The minimum atomic E-state index is -0.0393. The summed E-state index contributed by atoms with van der Waals surface area (Å²) >= 11 is 0. The Morgan fingerprint density at radius 1 is 1.37 bits per heavy atom. The Kier molecular flexibility index (Phi) is 9.14. The summed E-state index contributed by atoms with van der Waals surface area (Å²) in [6, 6.07) is 4.05. The topological polar surface area (TPSA) is 48.6 Å². The van der Waals surface area contributed by atoms with Crippen LogP contribution < -0.4 is 5.32 Å². The van der Waals surface area contributed by atoms with E-state index in [0.717, 1.165) is 38.4 Å².